The van der Waals surface area contributed by atoms with E-state index >= 15 is 0 Å². The zero-order valence-corrected chi connectivity index (χ0v) is 17.5. The van der Waals surface area contributed by atoms with Gasteiger partial charge in [-0.1, -0.05) is 19.3 Å². The second kappa shape index (κ2) is 10.2. The van der Waals surface area contributed by atoms with Crippen LogP contribution in [0.3, 0.4) is 0 Å². The van der Waals surface area contributed by atoms with Crippen molar-refractivity contribution in [1.29, 1.82) is 0 Å². The molecule has 2 N–H and O–H groups in total. The van der Waals surface area contributed by atoms with Gasteiger partial charge in [0.05, 0.1) is 4.92 Å². The first-order chi connectivity index (χ1) is 13.7. The monoisotopic (exact) mass is 405 g/mol. The van der Waals surface area contributed by atoms with Crippen molar-refractivity contribution in [2.75, 3.05) is 17.2 Å². The summed E-state index contributed by atoms with van der Waals surface area (Å²) in [6.07, 6.45) is 5.70. The maximum absolute atomic E-state index is 12.4. The van der Waals surface area contributed by atoms with Gasteiger partial charge in [-0.25, -0.2) is 0 Å². The number of nitro groups is 1. The summed E-state index contributed by atoms with van der Waals surface area (Å²) in [6, 6.07) is 4.61. The molecule has 0 bridgehead atoms. The highest BCUT2D eigenvalue weighted by Crippen LogP contribution is 2.30. The van der Waals surface area contributed by atoms with Gasteiger partial charge in [0.1, 0.15) is 11.3 Å². The highest BCUT2D eigenvalue weighted by molar-refractivity contribution is 5.93. The first-order valence-electron chi connectivity index (χ1n) is 10.2. The van der Waals surface area contributed by atoms with Gasteiger partial charge in [0, 0.05) is 30.6 Å². The van der Waals surface area contributed by atoms with Gasteiger partial charge in [0.2, 0.25) is 5.91 Å². The third kappa shape index (κ3) is 7.71. The van der Waals surface area contributed by atoms with E-state index in [4.69, 9.17) is 4.74 Å². The molecule has 160 valence electrons. The standard InChI is InChI=1S/C21H31N3O5/c1-21(2,3)29-19(25)10-7-13-22-17-12-11-16(14-18(17)24(27)28)23-20(26)15-8-5-4-6-9-15/h11-12,14-15,22H,4-10,13H2,1-3H3,(H,23,26). The van der Waals surface area contributed by atoms with E-state index in [1.807, 2.05) is 0 Å². The fraction of sp³-hybridized carbons (Fsp3) is 0.619. The maximum atomic E-state index is 12.4. The normalized spacial score (nSPS) is 14.9. The van der Waals surface area contributed by atoms with Crippen LogP contribution in [0.15, 0.2) is 18.2 Å². The van der Waals surface area contributed by atoms with Crippen LogP contribution >= 0.6 is 0 Å². The molecule has 8 heteroatoms. The number of rotatable bonds is 8. The number of carbonyl (C=O) groups excluding carboxylic acids is 2. The molecule has 1 aliphatic carbocycles. The number of benzene rings is 1. The largest absolute Gasteiger partial charge is 0.460 e. The molecule has 0 radical (unpaired) electrons. The molecule has 0 heterocycles. The molecule has 2 rings (SSSR count). The number of anilines is 2. The number of nitrogens with one attached hydrogen (secondary N) is 2. The van der Waals surface area contributed by atoms with Crippen LogP contribution in [0.4, 0.5) is 17.1 Å². The third-order valence-corrected chi connectivity index (χ3v) is 4.73. The van der Waals surface area contributed by atoms with E-state index in [-0.39, 0.29) is 29.9 Å². The van der Waals surface area contributed by atoms with Crippen molar-refractivity contribution in [3.63, 3.8) is 0 Å². The molecule has 0 saturated heterocycles. The lowest BCUT2D eigenvalue weighted by Gasteiger charge is -2.20. The molecule has 0 unspecified atom stereocenters. The van der Waals surface area contributed by atoms with E-state index in [9.17, 15) is 19.7 Å². The molecule has 1 aromatic rings. The Bertz CT molecular complexity index is 736. The van der Waals surface area contributed by atoms with Crippen molar-refractivity contribution in [3.05, 3.63) is 28.3 Å². The molecule has 1 amide bonds. The summed E-state index contributed by atoms with van der Waals surface area (Å²) in [4.78, 5) is 35.0. The van der Waals surface area contributed by atoms with Gasteiger partial charge in [-0.15, -0.1) is 0 Å². The molecule has 8 nitrogen and oxygen atoms in total. The Balaban J connectivity index is 1.91. The average Bonchev–Trinajstić information content (AvgIpc) is 2.65. The van der Waals surface area contributed by atoms with Crippen LogP contribution in [0, 0.1) is 16.0 Å². The molecule has 0 aliphatic heterocycles. The molecule has 29 heavy (non-hydrogen) atoms. The molecule has 0 spiro atoms. The minimum atomic E-state index is -0.527. The molecule has 1 fully saturated rings. The molecular weight excluding hydrogens is 374 g/mol. The number of carbonyl (C=O) groups is 2. The van der Waals surface area contributed by atoms with Gasteiger partial charge < -0.3 is 15.4 Å². The number of hydrogen-bond acceptors (Lipinski definition) is 6. The average molecular weight is 405 g/mol. The smallest absolute Gasteiger partial charge is 0.306 e. The van der Waals surface area contributed by atoms with E-state index in [1.54, 1.807) is 32.9 Å². The van der Waals surface area contributed by atoms with Crippen LogP contribution < -0.4 is 10.6 Å². The lowest BCUT2D eigenvalue weighted by Crippen LogP contribution is -2.24. The second-order valence-corrected chi connectivity index (χ2v) is 8.43. The summed E-state index contributed by atoms with van der Waals surface area (Å²) in [5.74, 6) is -0.389. The van der Waals surface area contributed by atoms with Crippen molar-refractivity contribution in [2.24, 2.45) is 5.92 Å². The van der Waals surface area contributed by atoms with E-state index in [0.29, 0.717) is 24.3 Å². The number of ether oxygens (including phenoxy) is 1. The fourth-order valence-electron chi connectivity index (χ4n) is 3.37. The molecule has 1 saturated carbocycles. The Kier molecular flexibility index (Phi) is 7.99. The van der Waals surface area contributed by atoms with E-state index in [0.717, 1.165) is 32.1 Å². The van der Waals surface area contributed by atoms with Gasteiger partial charge in [-0.2, -0.15) is 0 Å². The Labute approximate surface area is 171 Å². The first-order valence-corrected chi connectivity index (χ1v) is 10.2. The Morgan fingerprint density at radius 3 is 2.52 bits per heavy atom. The lowest BCUT2D eigenvalue weighted by atomic mass is 9.88. The summed E-state index contributed by atoms with van der Waals surface area (Å²) in [6.45, 7) is 5.82. The summed E-state index contributed by atoms with van der Waals surface area (Å²) < 4.78 is 5.24. The van der Waals surface area contributed by atoms with Gasteiger partial charge in [0.15, 0.2) is 0 Å². The summed E-state index contributed by atoms with van der Waals surface area (Å²) in [7, 11) is 0. The van der Waals surface area contributed by atoms with Crippen LogP contribution in [0.1, 0.15) is 65.7 Å². The Morgan fingerprint density at radius 1 is 1.21 bits per heavy atom. The highest BCUT2D eigenvalue weighted by Gasteiger charge is 2.22. The second-order valence-electron chi connectivity index (χ2n) is 8.43. The van der Waals surface area contributed by atoms with Crippen LogP contribution in [-0.4, -0.2) is 28.9 Å². The fourth-order valence-corrected chi connectivity index (χ4v) is 3.37. The maximum Gasteiger partial charge on any atom is 0.306 e. The molecule has 0 atom stereocenters. The summed E-state index contributed by atoms with van der Waals surface area (Å²) >= 11 is 0. The summed E-state index contributed by atoms with van der Waals surface area (Å²) in [5.41, 5.74) is 0.145. The number of hydrogen-bond donors (Lipinski definition) is 2. The van der Waals surface area contributed by atoms with E-state index < -0.39 is 10.5 Å². The number of esters is 1. The van der Waals surface area contributed by atoms with Gasteiger partial charge in [-0.05, 0) is 52.2 Å². The predicted molar refractivity (Wildman–Crippen MR) is 112 cm³/mol. The zero-order valence-electron chi connectivity index (χ0n) is 17.5. The lowest BCUT2D eigenvalue weighted by molar-refractivity contribution is -0.383. The van der Waals surface area contributed by atoms with E-state index in [2.05, 4.69) is 10.6 Å². The SMILES string of the molecule is CC(C)(C)OC(=O)CCCNc1ccc(NC(=O)C2CCCCC2)cc1[N+](=O)[O-]. The number of nitrogens with zero attached hydrogens (tertiary/aromatic N) is 1. The molecule has 1 aliphatic rings. The minimum Gasteiger partial charge on any atom is -0.460 e. The minimum absolute atomic E-state index is 0.0199. The van der Waals surface area contributed by atoms with Crippen molar-refractivity contribution >= 4 is 28.9 Å². The third-order valence-electron chi connectivity index (χ3n) is 4.73. The van der Waals surface area contributed by atoms with E-state index in [1.165, 1.54) is 6.07 Å². The van der Waals surface area contributed by atoms with Crippen LogP contribution in [0.25, 0.3) is 0 Å². The van der Waals surface area contributed by atoms with Crippen molar-refractivity contribution < 1.29 is 19.2 Å². The zero-order chi connectivity index (χ0) is 21.4. The number of amides is 1. The molecule has 0 aromatic heterocycles. The van der Waals surface area contributed by atoms with Crippen molar-refractivity contribution in [2.45, 2.75) is 71.3 Å². The van der Waals surface area contributed by atoms with Crippen molar-refractivity contribution in [3.8, 4) is 0 Å². The quantitative estimate of drug-likeness (QED) is 0.282. The Morgan fingerprint density at radius 2 is 1.90 bits per heavy atom. The molecule has 1 aromatic carbocycles. The predicted octanol–water partition coefficient (Wildman–Crippen LogP) is 4.65. The Hall–Kier alpha value is -2.64. The van der Waals surface area contributed by atoms with Crippen molar-refractivity contribution in [1.82, 2.24) is 0 Å². The summed E-state index contributed by atoms with van der Waals surface area (Å²) in [5, 5.41) is 17.2. The van der Waals surface area contributed by atoms with Crippen LogP contribution in [0.2, 0.25) is 0 Å². The van der Waals surface area contributed by atoms with Gasteiger partial charge in [0.25, 0.3) is 5.69 Å². The molecular formula is C21H31N3O5. The van der Waals surface area contributed by atoms with Crippen LogP contribution in [-0.2, 0) is 14.3 Å². The topological polar surface area (TPSA) is 111 Å². The van der Waals surface area contributed by atoms with Gasteiger partial charge >= 0.3 is 5.97 Å². The number of nitro benzene ring substituents is 1. The first kappa shape index (κ1) is 22.6. The van der Waals surface area contributed by atoms with Crippen LogP contribution in [0.5, 0.6) is 0 Å². The highest BCUT2D eigenvalue weighted by atomic mass is 16.6. The van der Waals surface area contributed by atoms with Gasteiger partial charge in [-0.3, -0.25) is 19.7 Å².